The minimum atomic E-state index is 0.543. The van der Waals surface area contributed by atoms with Crippen LogP contribution in [0.1, 0.15) is 31.4 Å². The van der Waals surface area contributed by atoms with Gasteiger partial charge in [-0.3, -0.25) is 0 Å². The molecule has 4 aromatic rings. The van der Waals surface area contributed by atoms with Crippen molar-refractivity contribution in [2.75, 3.05) is 23.3 Å². The highest BCUT2D eigenvalue weighted by Crippen LogP contribution is 2.30. The van der Waals surface area contributed by atoms with Gasteiger partial charge in [0.25, 0.3) is 0 Å². The third-order valence-electron chi connectivity index (χ3n) is 5.76. The lowest BCUT2D eigenvalue weighted by Gasteiger charge is -2.18. The molecule has 3 aromatic heterocycles. The van der Waals surface area contributed by atoms with Gasteiger partial charge in [0, 0.05) is 31.3 Å². The van der Waals surface area contributed by atoms with Gasteiger partial charge in [-0.1, -0.05) is 12.1 Å². The second-order valence-corrected chi connectivity index (χ2v) is 8.06. The number of benzene rings is 1. The highest BCUT2D eigenvalue weighted by atomic mass is 15.3. The first-order valence-electron chi connectivity index (χ1n) is 10.4. The van der Waals surface area contributed by atoms with Crippen LogP contribution in [0.5, 0.6) is 0 Å². The summed E-state index contributed by atoms with van der Waals surface area (Å²) in [6, 6.07) is 12.7. The van der Waals surface area contributed by atoms with Crippen LogP contribution in [0.3, 0.4) is 0 Å². The third kappa shape index (κ3) is 2.97. The Morgan fingerprint density at radius 3 is 2.48 bits per heavy atom. The van der Waals surface area contributed by atoms with E-state index in [9.17, 15) is 0 Å². The van der Waals surface area contributed by atoms with Gasteiger partial charge in [0.05, 0.1) is 16.7 Å². The van der Waals surface area contributed by atoms with Crippen molar-refractivity contribution in [1.29, 1.82) is 0 Å². The molecule has 7 nitrogen and oxygen atoms in total. The molecule has 0 amide bonds. The first kappa shape index (κ1) is 16.7. The summed E-state index contributed by atoms with van der Waals surface area (Å²) < 4.78 is 1.92. The van der Waals surface area contributed by atoms with Crippen molar-refractivity contribution in [1.82, 2.24) is 24.6 Å². The minimum absolute atomic E-state index is 0.543. The molecule has 2 aliphatic rings. The zero-order valence-electron chi connectivity index (χ0n) is 16.5. The zero-order valence-corrected chi connectivity index (χ0v) is 16.5. The molecule has 0 radical (unpaired) electrons. The van der Waals surface area contributed by atoms with E-state index in [1.54, 1.807) is 0 Å². The molecule has 1 aromatic carbocycles. The second kappa shape index (κ2) is 6.40. The summed E-state index contributed by atoms with van der Waals surface area (Å²) in [4.78, 5) is 16.9. The fourth-order valence-electron chi connectivity index (χ4n) is 4.06. The van der Waals surface area contributed by atoms with Crippen LogP contribution in [-0.4, -0.2) is 43.7 Å². The van der Waals surface area contributed by atoms with Gasteiger partial charge in [0.15, 0.2) is 5.65 Å². The summed E-state index contributed by atoms with van der Waals surface area (Å²) in [5.74, 6) is 2.04. The lowest BCUT2D eigenvalue weighted by Crippen LogP contribution is -2.20. The highest BCUT2D eigenvalue weighted by Gasteiger charge is 2.24. The van der Waals surface area contributed by atoms with E-state index >= 15 is 0 Å². The maximum Gasteiger partial charge on any atom is 0.160 e. The lowest BCUT2D eigenvalue weighted by molar-refractivity contribution is 0.893. The molecule has 0 bridgehead atoms. The first-order chi connectivity index (χ1) is 14.2. The van der Waals surface area contributed by atoms with Crippen molar-refractivity contribution in [2.45, 2.75) is 38.6 Å². The molecule has 2 fully saturated rings. The number of nitrogens with zero attached hydrogens (tertiary/aromatic N) is 6. The van der Waals surface area contributed by atoms with E-state index in [2.05, 4.69) is 16.3 Å². The number of hydrogen-bond acceptors (Lipinski definition) is 6. The number of hydrogen-bond donors (Lipinski definition) is 1. The molecule has 1 saturated heterocycles. The van der Waals surface area contributed by atoms with E-state index in [1.807, 2.05) is 41.8 Å². The van der Waals surface area contributed by atoms with Crippen molar-refractivity contribution in [3.8, 4) is 11.4 Å². The molecule has 1 aliphatic carbocycles. The molecule has 0 unspecified atom stereocenters. The normalized spacial score (nSPS) is 16.8. The molecule has 1 aliphatic heterocycles. The average Bonchev–Trinajstić information content (AvgIpc) is 3.20. The Hall–Kier alpha value is -3.22. The van der Waals surface area contributed by atoms with E-state index in [4.69, 9.17) is 20.1 Å². The predicted molar refractivity (Wildman–Crippen MR) is 114 cm³/mol. The molecule has 29 heavy (non-hydrogen) atoms. The van der Waals surface area contributed by atoms with Crippen LogP contribution >= 0.6 is 0 Å². The Kier molecular flexibility index (Phi) is 3.69. The van der Waals surface area contributed by atoms with Gasteiger partial charge in [-0.05, 0) is 44.7 Å². The Morgan fingerprint density at radius 2 is 1.72 bits per heavy atom. The van der Waals surface area contributed by atoms with Gasteiger partial charge < -0.3 is 10.2 Å². The van der Waals surface area contributed by atoms with Crippen LogP contribution in [-0.2, 0) is 0 Å². The summed E-state index contributed by atoms with van der Waals surface area (Å²) in [6.45, 7) is 4.13. The van der Waals surface area contributed by atoms with Gasteiger partial charge in [0.2, 0.25) is 0 Å². The summed E-state index contributed by atoms with van der Waals surface area (Å²) in [7, 11) is 0. The maximum absolute atomic E-state index is 4.92. The lowest BCUT2D eigenvalue weighted by atomic mass is 10.2. The number of aryl methyl sites for hydroxylation is 1. The quantitative estimate of drug-likeness (QED) is 0.576. The maximum atomic E-state index is 4.92. The number of para-hydroxylation sites is 2. The standard InChI is InChI=1S/C22H23N7/c1-14-22(25-17-7-3-2-6-16(17)23-14)18-12-20-26-19(28-10-4-5-11-28)13-21(29(20)27-18)24-15-8-9-15/h2-3,6-7,12-13,15,24H,4-5,8-11H2,1H3. The largest absolute Gasteiger partial charge is 0.367 e. The molecule has 0 atom stereocenters. The summed E-state index contributed by atoms with van der Waals surface area (Å²) in [5, 5.41) is 8.50. The number of aromatic nitrogens is 5. The Morgan fingerprint density at radius 1 is 0.966 bits per heavy atom. The van der Waals surface area contributed by atoms with Crippen molar-refractivity contribution in [3.05, 3.63) is 42.1 Å². The number of anilines is 2. The number of nitrogens with one attached hydrogen (secondary N) is 1. The summed E-state index contributed by atoms with van der Waals surface area (Å²) in [6.07, 6.45) is 4.89. The topological polar surface area (TPSA) is 71.2 Å². The van der Waals surface area contributed by atoms with Crippen LogP contribution in [0.25, 0.3) is 28.1 Å². The highest BCUT2D eigenvalue weighted by molar-refractivity contribution is 5.78. The van der Waals surface area contributed by atoms with E-state index in [0.717, 1.165) is 58.5 Å². The summed E-state index contributed by atoms with van der Waals surface area (Å²) in [5.41, 5.74) is 5.14. The fourth-order valence-corrected chi connectivity index (χ4v) is 4.06. The van der Waals surface area contributed by atoms with Crippen molar-refractivity contribution in [3.63, 3.8) is 0 Å². The molecule has 1 saturated carbocycles. The summed E-state index contributed by atoms with van der Waals surface area (Å²) >= 11 is 0. The van der Waals surface area contributed by atoms with Crippen LogP contribution in [0.15, 0.2) is 36.4 Å². The number of rotatable bonds is 4. The van der Waals surface area contributed by atoms with Gasteiger partial charge in [-0.25, -0.2) is 15.0 Å². The molecule has 6 rings (SSSR count). The molecular formula is C22H23N7. The molecule has 0 spiro atoms. The molecule has 1 N–H and O–H groups in total. The molecule has 4 heterocycles. The van der Waals surface area contributed by atoms with Gasteiger partial charge in [0.1, 0.15) is 23.0 Å². The number of fused-ring (bicyclic) bond motifs is 2. The van der Waals surface area contributed by atoms with Crippen LogP contribution in [0.2, 0.25) is 0 Å². The second-order valence-electron chi connectivity index (χ2n) is 8.06. The SMILES string of the molecule is Cc1nc2ccccc2nc1-c1cc2nc(N3CCCC3)cc(NC3CC3)n2n1. The monoisotopic (exact) mass is 385 g/mol. The van der Waals surface area contributed by atoms with E-state index in [-0.39, 0.29) is 0 Å². The molecular weight excluding hydrogens is 362 g/mol. The van der Waals surface area contributed by atoms with Crippen molar-refractivity contribution >= 4 is 28.3 Å². The smallest absolute Gasteiger partial charge is 0.160 e. The molecule has 146 valence electrons. The third-order valence-corrected chi connectivity index (χ3v) is 5.76. The Balaban J connectivity index is 1.50. The predicted octanol–water partition coefficient (Wildman–Crippen LogP) is 3.82. The van der Waals surface area contributed by atoms with Crippen LogP contribution in [0, 0.1) is 6.92 Å². The zero-order chi connectivity index (χ0) is 19.4. The van der Waals surface area contributed by atoms with E-state index in [0.29, 0.717) is 6.04 Å². The minimum Gasteiger partial charge on any atom is -0.367 e. The van der Waals surface area contributed by atoms with Gasteiger partial charge in [-0.2, -0.15) is 9.61 Å². The first-order valence-corrected chi connectivity index (χ1v) is 10.4. The van der Waals surface area contributed by atoms with Gasteiger partial charge >= 0.3 is 0 Å². The Bertz CT molecular complexity index is 1220. The Labute approximate surface area is 168 Å². The van der Waals surface area contributed by atoms with E-state index in [1.165, 1.54) is 25.7 Å². The van der Waals surface area contributed by atoms with Gasteiger partial charge in [-0.15, -0.1) is 0 Å². The van der Waals surface area contributed by atoms with E-state index < -0.39 is 0 Å². The van der Waals surface area contributed by atoms with Crippen molar-refractivity contribution in [2.24, 2.45) is 0 Å². The average molecular weight is 385 g/mol. The van der Waals surface area contributed by atoms with Crippen LogP contribution in [0.4, 0.5) is 11.6 Å². The fraction of sp³-hybridized carbons (Fsp3) is 0.364. The molecule has 7 heteroatoms. The van der Waals surface area contributed by atoms with Crippen molar-refractivity contribution < 1.29 is 0 Å². The van der Waals surface area contributed by atoms with Crippen LogP contribution < -0.4 is 10.2 Å².